The van der Waals surface area contributed by atoms with E-state index in [1.54, 1.807) is 42.5 Å². The summed E-state index contributed by atoms with van der Waals surface area (Å²) in [6, 6.07) is 13.5. The molecular weight excluding hydrogens is 351 g/mol. The Labute approximate surface area is 147 Å². The molecule has 0 aliphatic carbocycles. The molecule has 8 heteroatoms. The van der Waals surface area contributed by atoms with Gasteiger partial charge in [-0.2, -0.15) is 0 Å². The monoisotopic (exact) mass is 360 g/mol. The highest BCUT2D eigenvalue weighted by Crippen LogP contribution is 2.29. The highest BCUT2D eigenvalue weighted by molar-refractivity contribution is 6.35. The van der Waals surface area contributed by atoms with E-state index in [2.05, 4.69) is 15.5 Å². The fourth-order valence-electron chi connectivity index (χ4n) is 1.92. The lowest BCUT2D eigenvalue weighted by Gasteiger charge is -2.11. The number of carbonyl (C=O) groups is 1. The van der Waals surface area contributed by atoms with Gasteiger partial charge in [-0.3, -0.25) is 0 Å². The van der Waals surface area contributed by atoms with Crippen molar-refractivity contribution in [1.82, 2.24) is 20.2 Å². The Balaban J connectivity index is 1.98. The molecule has 0 radical (unpaired) electrons. The molecule has 3 aromatic rings. The number of tetrazole rings is 1. The second kappa shape index (κ2) is 7.25. The van der Waals surface area contributed by atoms with Crippen molar-refractivity contribution in [3.05, 3.63) is 76.0 Å². The van der Waals surface area contributed by atoms with Crippen molar-refractivity contribution in [2.24, 2.45) is 0 Å². The Morgan fingerprint density at radius 1 is 1.12 bits per heavy atom. The lowest BCUT2D eigenvalue weighted by molar-refractivity contribution is 0.0693. The van der Waals surface area contributed by atoms with Crippen LogP contribution in [-0.2, 0) is 4.74 Å². The molecule has 1 aromatic heterocycles. The third-order valence-corrected chi connectivity index (χ3v) is 3.57. The van der Waals surface area contributed by atoms with E-state index < -0.39 is 5.97 Å². The zero-order chi connectivity index (χ0) is 16.9. The summed E-state index contributed by atoms with van der Waals surface area (Å²) in [6.45, 7) is 0. The van der Waals surface area contributed by atoms with Gasteiger partial charge in [-0.05, 0) is 40.8 Å². The van der Waals surface area contributed by atoms with E-state index in [1.165, 1.54) is 17.2 Å². The number of ether oxygens (including phenoxy) is 1. The fourth-order valence-corrected chi connectivity index (χ4v) is 2.42. The van der Waals surface area contributed by atoms with Crippen LogP contribution in [0.4, 0.5) is 0 Å². The van der Waals surface area contributed by atoms with Gasteiger partial charge in [0.2, 0.25) is 0 Å². The highest BCUT2D eigenvalue weighted by Gasteiger charge is 2.15. The Hall–Kier alpha value is -2.70. The van der Waals surface area contributed by atoms with Crippen molar-refractivity contribution in [3.63, 3.8) is 0 Å². The summed E-state index contributed by atoms with van der Waals surface area (Å²) >= 11 is 12.1. The van der Waals surface area contributed by atoms with E-state index in [0.29, 0.717) is 21.2 Å². The minimum Gasteiger partial charge on any atom is -0.421 e. The van der Waals surface area contributed by atoms with Gasteiger partial charge in [-0.1, -0.05) is 41.4 Å². The predicted molar refractivity (Wildman–Crippen MR) is 90.3 cm³/mol. The number of esters is 1. The maximum Gasteiger partial charge on any atom is 0.343 e. The van der Waals surface area contributed by atoms with Crippen LogP contribution in [0.3, 0.4) is 0 Å². The minimum absolute atomic E-state index is 0.192. The van der Waals surface area contributed by atoms with Crippen LogP contribution in [0.2, 0.25) is 10.0 Å². The summed E-state index contributed by atoms with van der Waals surface area (Å²) in [5, 5.41) is 11.6. The zero-order valence-electron chi connectivity index (χ0n) is 12.1. The van der Waals surface area contributed by atoms with Gasteiger partial charge in [0.05, 0.1) is 16.8 Å². The van der Waals surface area contributed by atoms with E-state index in [1.807, 2.05) is 6.07 Å². The molecule has 2 aromatic carbocycles. The molecule has 0 aliphatic heterocycles. The molecule has 6 nitrogen and oxygen atoms in total. The van der Waals surface area contributed by atoms with E-state index in [4.69, 9.17) is 27.9 Å². The van der Waals surface area contributed by atoms with Gasteiger partial charge in [0, 0.05) is 10.6 Å². The summed E-state index contributed by atoms with van der Waals surface area (Å²) in [5.74, 6) is -0.334. The van der Waals surface area contributed by atoms with Crippen LogP contribution in [0.25, 0.3) is 12.0 Å². The first-order chi connectivity index (χ1) is 11.6. The Morgan fingerprint density at radius 2 is 1.92 bits per heavy atom. The predicted octanol–water partition coefficient (Wildman–Crippen LogP) is 3.79. The number of aromatic nitrogens is 4. The molecule has 0 fully saturated rings. The Bertz CT molecular complexity index is 880. The van der Waals surface area contributed by atoms with Crippen LogP contribution < -0.4 is 0 Å². The molecular formula is C16H10Cl2N4O2. The molecule has 0 aliphatic rings. The first-order valence-corrected chi connectivity index (χ1v) is 7.56. The van der Waals surface area contributed by atoms with Gasteiger partial charge < -0.3 is 4.74 Å². The molecule has 0 spiro atoms. The van der Waals surface area contributed by atoms with E-state index in [9.17, 15) is 4.79 Å². The first-order valence-electron chi connectivity index (χ1n) is 6.80. The van der Waals surface area contributed by atoms with Crippen molar-refractivity contribution in [2.45, 2.75) is 0 Å². The van der Waals surface area contributed by atoms with Gasteiger partial charge >= 0.3 is 5.97 Å². The molecule has 0 unspecified atom stereocenters. The normalized spacial score (nSPS) is 11.3. The number of nitrogens with zero attached hydrogens (tertiary/aromatic N) is 4. The van der Waals surface area contributed by atoms with Crippen LogP contribution >= 0.6 is 23.2 Å². The lowest BCUT2D eigenvalue weighted by atomic mass is 10.2. The molecule has 0 atom stereocenters. The first kappa shape index (κ1) is 16.2. The molecule has 1 heterocycles. The van der Waals surface area contributed by atoms with Crippen molar-refractivity contribution in [1.29, 1.82) is 0 Å². The molecule has 0 amide bonds. The SMILES string of the molecule is O=C(OC(=Cn1cnnn1)c1ccc(Cl)cc1Cl)c1ccccc1. The van der Waals surface area contributed by atoms with Gasteiger partial charge in [-0.15, -0.1) is 5.10 Å². The summed E-state index contributed by atoms with van der Waals surface area (Å²) < 4.78 is 6.80. The quantitative estimate of drug-likeness (QED) is 0.522. The van der Waals surface area contributed by atoms with Gasteiger partial charge in [0.25, 0.3) is 0 Å². The Kier molecular flexibility index (Phi) is 4.88. The highest BCUT2D eigenvalue weighted by atomic mass is 35.5. The number of hydrogen-bond donors (Lipinski definition) is 0. The van der Waals surface area contributed by atoms with Crippen LogP contribution in [0, 0.1) is 0 Å². The van der Waals surface area contributed by atoms with Gasteiger partial charge in [0.1, 0.15) is 6.33 Å². The zero-order valence-corrected chi connectivity index (χ0v) is 13.6. The second-order valence-electron chi connectivity index (χ2n) is 4.66. The van der Waals surface area contributed by atoms with Gasteiger partial charge in [0.15, 0.2) is 5.76 Å². The van der Waals surface area contributed by atoms with Crippen LogP contribution in [-0.4, -0.2) is 26.2 Å². The van der Waals surface area contributed by atoms with E-state index in [0.717, 1.165) is 0 Å². The number of benzene rings is 2. The van der Waals surface area contributed by atoms with Crippen LogP contribution in [0.1, 0.15) is 15.9 Å². The van der Waals surface area contributed by atoms with Crippen molar-refractivity contribution in [3.8, 4) is 0 Å². The maximum absolute atomic E-state index is 12.3. The molecule has 0 saturated heterocycles. The number of rotatable bonds is 4. The largest absolute Gasteiger partial charge is 0.421 e. The molecule has 120 valence electrons. The summed E-state index contributed by atoms with van der Waals surface area (Å²) in [4.78, 5) is 12.3. The molecule has 0 saturated carbocycles. The molecule has 0 bridgehead atoms. The smallest absolute Gasteiger partial charge is 0.343 e. The number of carbonyl (C=O) groups excluding carboxylic acids is 1. The fraction of sp³-hybridized carbons (Fsp3) is 0. The number of halogens is 2. The maximum atomic E-state index is 12.3. The van der Waals surface area contributed by atoms with Crippen molar-refractivity contribution < 1.29 is 9.53 Å². The van der Waals surface area contributed by atoms with E-state index >= 15 is 0 Å². The summed E-state index contributed by atoms with van der Waals surface area (Å²) in [5.41, 5.74) is 0.894. The summed E-state index contributed by atoms with van der Waals surface area (Å²) in [7, 11) is 0. The van der Waals surface area contributed by atoms with Crippen LogP contribution in [0.5, 0.6) is 0 Å². The van der Waals surface area contributed by atoms with Crippen molar-refractivity contribution in [2.75, 3.05) is 0 Å². The third kappa shape index (κ3) is 3.79. The molecule has 3 rings (SSSR count). The van der Waals surface area contributed by atoms with E-state index in [-0.39, 0.29) is 5.76 Å². The molecule has 0 N–H and O–H groups in total. The van der Waals surface area contributed by atoms with Crippen molar-refractivity contribution >= 4 is 41.1 Å². The third-order valence-electron chi connectivity index (χ3n) is 3.02. The average molecular weight is 361 g/mol. The summed E-state index contributed by atoms with van der Waals surface area (Å²) in [6.07, 6.45) is 2.82. The standard InChI is InChI=1S/C16H10Cl2N4O2/c17-12-6-7-13(14(18)8-12)15(9-22-10-19-20-21-22)24-16(23)11-4-2-1-3-5-11/h1-10H. The topological polar surface area (TPSA) is 69.9 Å². The average Bonchev–Trinajstić information content (AvgIpc) is 3.08. The second-order valence-corrected chi connectivity index (χ2v) is 5.51. The lowest BCUT2D eigenvalue weighted by Crippen LogP contribution is -2.06. The Morgan fingerprint density at radius 3 is 2.58 bits per heavy atom. The number of hydrogen-bond acceptors (Lipinski definition) is 5. The van der Waals surface area contributed by atoms with Gasteiger partial charge in [-0.25, -0.2) is 9.48 Å². The van der Waals surface area contributed by atoms with Crippen LogP contribution in [0.15, 0.2) is 54.9 Å². The minimum atomic E-state index is -0.527. The molecule has 24 heavy (non-hydrogen) atoms.